The summed E-state index contributed by atoms with van der Waals surface area (Å²) in [5, 5.41) is 3.56. The Bertz CT molecular complexity index is 523. The Labute approximate surface area is 116 Å². The molecule has 0 fully saturated rings. The van der Waals surface area contributed by atoms with E-state index >= 15 is 0 Å². The van der Waals surface area contributed by atoms with Crippen molar-refractivity contribution in [2.24, 2.45) is 0 Å². The molecule has 0 spiro atoms. The highest BCUT2D eigenvalue weighted by molar-refractivity contribution is 5.33. The van der Waals surface area contributed by atoms with Crippen LogP contribution in [0.15, 0.2) is 42.5 Å². The van der Waals surface area contributed by atoms with Crippen molar-refractivity contribution >= 4 is 0 Å². The molecule has 2 aromatic rings. The number of hydrogen-bond acceptors (Lipinski definition) is 1. The van der Waals surface area contributed by atoms with Crippen molar-refractivity contribution in [3.8, 4) is 0 Å². The molecule has 1 heteroatoms. The molecule has 0 saturated heterocycles. The lowest BCUT2D eigenvalue weighted by molar-refractivity contribution is 0.681. The first-order valence-corrected chi connectivity index (χ1v) is 6.99. The first kappa shape index (κ1) is 13.8. The number of hydrogen-bond donors (Lipinski definition) is 1. The van der Waals surface area contributed by atoms with E-state index in [1.807, 2.05) is 0 Å². The average Bonchev–Trinajstić information content (AvgIpc) is 2.39. The SMILES string of the molecule is Cc1ccccc1CCNCc1c(C)cccc1C. The van der Waals surface area contributed by atoms with E-state index in [9.17, 15) is 0 Å². The van der Waals surface area contributed by atoms with E-state index in [1.165, 1.54) is 27.8 Å². The predicted molar refractivity (Wildman–Crippen MR) is 82.5 cm³/mol. The number of aryl methyl sites for hydroxylation is 3. The maximum atomic E-state index is 3.56. The van der Waals surface area contributed by atoms with E-state index in [0.717, 1.165) is 19.5 Å². The molecule has 0 aliphatic rings. The van der Waals surface area contributed by atoms with Crippen molar-refractivity contribution in [3.05, 3.63) is 70.3 Å². The summed E-state index contributed by atoms with van der Waals surface area (Å²) in [7, 11) is 0. The highest BCUT2D eigenvalue weighted by atomic mass is 14.8. The van der Waals surface area contributed by atoms with Crippen molar-refractivity contribution in [2.75, 3.05) is 6.54 Å². The van der Waals surface area contributed by atoms with Gasteiger partial charge in [0.25, 0.3) is 0 Å². The van der Waals surface area contributed by atoms with E-state index in [1.54, 1.807) is 0 Å². The molecule has 19 heavy (non-hydrogen) atoms. The van der Waals surface area contributed by atoms with Gasteiger partial charge in [0, 0.05) is 6.54 Å². The van der Waals surface area contributed by atoms with Crippen LogP contribution in [-0.2, 0) is 13.0 Å². The van der Waals surface area contributed by atoms with Gasteiger partial charge in [-0.25, -0.2) is 0 Å². The van der Waals surface area contributed by atoms with Crippen LogP contribution in [-0.4, -0.2) is 6.54 Å². The molecule has 0 bridgehead atoms. The Balaban J connectivity index is 1.86. The third-order valence-corrected chi connectivity index (χ3v) is 3.78. The van der Waals surface area contributed by atoms with Crippen molar-refractivity contribution in [3.63, 3.8) is 0 Å². The summed E-state index contributed by atoms with van der Waals surface area (Å²) >= 11 is 0. The maximum absolute atomic E-state index is 3.56. The summed E-state index contributed by atoms with van der Waals surface area (Å²) in [6.07, 6.45) is 1.09. The Morgan fingerprint density at radius 3 is 2.11 bits per heavy atom. The highest BCUT2D eigenvalue weighted by Gasteiger charge is 2.01. The molecule has 1 nitrogen and oxygen atoms in total. The normalized spacial score (nSPS) is 10.7. The Kier molecular flexibility index (Phi) is 4.75. The first-order valence-electron chi connectivity index (χ1n) is 6.99. The summed E-state index contributed by atoms with van der Waals surface area (Å²) in [6.45, 7) is 8.54. The Morgan fingerprint density at radius 2 is 1.42 bits per heavy atom. The average molecular weight is 253 g/mol. The summed E-state index contributed by atoms with van der Waals surface area (Å²) in [5.41, 5.74) is 7.02. The van der Waals surface area contributed by atoms with Gasteiger partial charge >= 0.3 is 0 Å². The summed E-state index contributed by atoms with van der Waals surface area (Å²) < 4.78 is 0. The van der Waals surface area contributed by atoms with Crippen molar-refractivity contribution in [2.45, 2.75) is 33.7 Å². The fourth-order valence-corrected chi connectivity index (χ4v) is 2.45. The molecule has 100 valence electrons. The lowest BCUT2D eigenvalue weighted by Gasteiger charge is -2.11. The zero-order valence-electron chi connectivity index (χ0n) is 12.2. The second-order valence-electron chi connectivity index (χ2n) is 5.22. The summed E-state index contributed by atoms with van der Waals surface area (Å²) in [4.78, 5) is 0. The van der Waals surface area contributed by atoms with Gasteiger partial charge in [-0.15, -0.1) is 0 Å². The third kappa shape index (κ3) is 3.68. The van der Waals surface area contributed by atoms with E-state index in [-0.39, 0.29) is 0 Å². The van der Waals surface area contributed by atoms with Crippen LogP contribution in [0.4, 0.5) is 0 Å². The minimum Gasteiger partial charge on any atom is -0.312 e. The van der Waals surface area contributed by atoms with Gasteiger partial charge in [0.05, 0.1) is 0 Å². The number of rotatable bonds is 5. The Morgan fingerprint density at radius 1 is 0.789 bits per heavy atom. The zero-order chi connectivity index (χ0) is 13.7. The van der Waals surface area contributed by atoms with E-state index in [4.69, 9.17) is 0 Å². The molecule has 0 heterocycles. The largest absolute Gasteiger partial charge is 0.312 e. The second-order valence-corrected chi connectivity index (χ2v) is 5.22. The molecule has 0 amide bonds. The van der Waals surface area contributed by atoms with Gasteiger partial charge < -0.3 is 5.32 Å². The van der Waals surface area contributed by atoms with Gasteiger partial charge in [-0.05, 0) is 61.6 Å². The molecule has 0 radical (unpaired) electrons. The van der Waals surface area contributed by atoms with Crippen LogP contribution in [0.3, 0.4) is 0 Å². The summed E-state index contributed by atoms with van der Waals surface area (Å²) in [6, 6.07) is 15.1. The predicted octanol–water partition coefficient (Wildman–Crippen LogP) is 3.94. The van der Waals surface area contributed by atoms with Gasteiger partial charge in [-0.3, -0.25) is 0 Å². The maximum Gasteiger partial charge on any atom is 0.0210 e. The smallest absolute Gasteiger partial charge is 0.0210 e. The van der Waals surface area contributed by atoms with E-state index < -0.39 is 0 Å². The van der Waals surface area contributed by atoms with Crippen LogP contribution < -0.4 is 5.32 Å². The van der Waals surface area contributed by atoms with Crippen LogP contribution >= 0.6 is 0 Å². The molecule has 0 unspecified atom stereocenters. The number of nitrogens with one attached hydrogen (secondary N) is 1. The molecule has 0 atom stereocenters. The third-order valence-electron chi connectivity index (χ3n) is 3.78. The first-order chi connectivity index (χ1) is 9.18. The Hall–Kier alpha value is -1.60. The van der Waals surface area contributed by atoms with Crippen LogP contribution in [0.1, 0.15) is 27.8 Å². The van der Waals surface area contributed by atoms with E-state index in [2.05, 4.69) is 68.6 Å². The van der Waals surface area contributed by atoms with Crippen LogP contribution in [0.5, 0.6) is 0 Å². The standard InChI is InChI=1S/C18H23N/c1-14-7-4-5-10-17(14)11-12-19-13-18-15(2)8-6-9-16(18)3/h4-10,19H,11-13H2,1-3H3. The lowest BCUT2D eigenvalue weighted by Crippen LogP contribution is -2.18. The molecule has 0 aromatic heterocycles. The van der Waals surface area contributed by atoms with Crippen LogP contribution in [0.25, 0.3) is 0 Å². The number of benzene rings is 2. The highest BCUT2D eigenvalue weighted by Crippen LogP contribution is 2.13. The molecular formula is C18H23N. The van der Waals surface area contributed by atoms with Crippen LogP contribution in [0.2, 0.25) is 0 Å². The van der Waals surface area contributed by atoms with Gasteiger partial charge in [-0.1, -0.05) is 42.5 Å². The fraction of sp³-hybridized carbons (Fsp3) is 0.333. The monoisotopic (exact) mass is 253 g/mol. The van der Waals surface area contributed by atoms with Crippen molar-refractivity contribution < 1.29 is 0 Å². The molecule has 1 N–H and O–H groups in total. The molecule has 0 aliphatic carbocycles. The lowest BCUT2D eigenvalue weighted by atomic mass is 10.0. The van der Waals surface area contributed by atoms with Gasteiger partial charge in [-0.2, -0.15) is 0 Å². The minimum atomic E-state index is 0.963. The van der Waals surface area contributed by atoms with Gasteiger partial charge in [0.15, 0.2) is 0 Å². The molecule has 2 rings (SSSR count). The molecule has 0 aliphatic heterocycles. The quantitative estimate of drug-likeness (QED) is 0.796. The zero-order valence-corrected chi connectivity index (χ0v) is 12.2. The van der Waals surface area contributed by atoms with Crippen molar-refractivity contribution in [1.29, 1.82) is 0 Å². The van der Waals surface area contributed by atoms with Gasteiger partial charge in [0.2, 0.25) is 0 Å². The molecular weight excluding hydrogens is 230 g/mol. The second kappa shape index (κ2) is 6.53. The summed E-state index contributed by atoms with van der Waals surface area (Å²) in [5.74, 6) is 0. The topological polar surface area (TPSA) is 12.0 Å². The fourth-order valence-electron chi connectivity index (χ4n) is 2.45. The van der Waals surface area contributed by atoms with Crippen LogP contribution in [0, 0.1) is 20.8 Å². The molecule has 0 saturated carbocycles. The minimum absolute atomic E-state index is 0.963. The van der Waals surface area contributed by atoms with Gasteiger partial charge in [0.1, 0.15) is 0 Å². The van der Waals surface area contributed by atoms with E-state index in [0.29, 0.717) is 0 Å². The van der Waals surface area contributed by atoms with Crippen molar-refractivity contribution in [1.82, 2.24) is 5.32 Å². The molecule has 2 aromatic carbocycles.